The second kappa shape index (κ2) is 7.44. The highest BCUT2D eigenvalue weighted by Crippen LogP contribution is 2.34. The minimum atomic E-state index is -2.97. The number of hydrogen-bond acceptors (Lipinski definition) is 7. The number of rotatable bonds is 3. The van der Waals surface area contributed by atoms with Crippen LogP contribution in [0.15, 0.2) is 18.2 Å². The highest BCUT2D eigenvalue weighted by molar-refractivity contribution is 7.91. The maximum absolute atomic E-state index is 13.0. The predicted molar refractivity (Wildman–Crippen MR) is 115 cm³/mol. The van der Waals surface area contributed by atoms with Gasteiger partial charge in [0.15, 0.2) is 21.3 Å². The van der Waals surface area contributed by atoms with Crippen molar-refractivity contribution in [3.8, 4) is 11.5 Å². The zero-order valence-electron chi connectivity index (χ0n) is 17.7. The zero-order chi connectivity index (χ0) is 21.8. The second-order valence-corrected chi connectivity index (χ2v) is 10.6. The summed E-state index contributed by atoms with van der Waals surface area (Å²) in [5, 5.41) is 4.67. The Hall–Kier alpha value is -2.75. The molecule has 0 radical (unpaired) electrons. The van der Waals surface area contributed by atoms with E-state index < -0.39 is 9.84 Å². The molecule has 2 aromatic rings. The number of piperazine rings is 1. The zero-order valence-corrected chi connectivity index (χ0v) is 18.5. The van der Waals surface area contributed by atoms with Gasteiger partial charge in [-0.25, -0.2) is 8.42 Å². The van der Waals surface area contributed by atoms with Gasteiger partial charge in [0.1, 0.15) is 0 Å². The fourth-order valence-corrected chi connectivity index (χ4v) is 6.47. The summed E-state index contributed by atoms with van der Waals surface area (Å²) < 4.78 is 36.4. The number of sulfone groups is 1. The molecule has 2 fully saturated rings. The predicted octanol–water partition coefficient (Wildman–Crippen LogP) is 1.55. The molecule has 10 heteroatoms. The summed E-state index contributed by atoms with van der Waals surface area (Å²) in [4.78, 5) is 17.1. The summed E-state index contributed by atoms with van der Waals surface area (Å²) in [6.07, 6.45) is 0.613. The van der Waals surface area contributed by atoms with Crippen LogP contribution in [-0.4, -0.2) is 73.5 Å². The molecule has 3 aliphatic rings. The summed E-state index contributed by atoms with van der Waals surface area (Å²) in [6.45, 7) is 6.77. The van der Waals surface area contributed by atoms with Crippen molar-refractivity contribution in [1.82, 2.24) is 14.7 Å². The van der Waals surface area contributed by atoms with Crippen LogP contribution in [0.25, 0.3) is 0 Å². The van der Waals surface area contributed by atoms with Crippen molar-refractivity contribution >= 4 is 21.4 Å². The monoisotopic (exact) mass is 446 g/mol. The Balaban J connectivity index is 1.28. The van der Waals surface area contributed by atoms with Gasteiger partial charge in [0.05, 0.1) is 34.6 Å². The Morgan fingerprint density at radius 2 is 1.84 bits per heavy atom. The number of carbonyl (C=O) groups excluding carboxylic acids is 1. The number of hydrogen-bond donors (Lipinski definition) is 0. The molecular weight excluding hydrogens is 420 g/mol. The molecule has 0 N–H and O–H groups in total. The number of carbonyl (C=O) groups is 1. The number of anilines is 1. The van der Waals surface area contributed by atoms with Gasteiger partial charge >= 0.3 is 0 Å². The van der Waals surface area contributed by atoms with Gasteiger partial charge in [0.25, 0.3) is 5.91 Å². The molecule has 1 atom stereocenters. The minimum absolute atomic E-state index is 0.0155. The normalized spacial score (nSPS) is 22.2. The third-order valence-corrected chi connectivity index (χ3v) is 8.09. The van der Waals surface area contributed by atoms with Gasteiger partial charge in [-0.3, -0.25) is 9.48 Å². The Kier molecular flexibility index (Phi) is 4.84. The van der Waals surface area contributed by atoms with Gasteiger partial charge < -0.3 is 19.3 Å². The molecule has 5 rings (SSSR count). The quantitative estimate of drug-likeness (QED) is 0.706. The second-order valence-electron chi connectivity index (χ2n) is 8.37. The smallest absolute Gasteiger partial charge is 0.254 e. The standard InChI is InChI=1S/C21H26N4O5S/c1-14-20(15(2)25(22-14)17-5-10-31(27,28)12-17)23-6-8-24(9-7-23)21(26)16-3-4-18-19(11-16)30-13-29-18/h3-4,11,17H,5-10,12-13H2,1-2H3/t17-/m1/s1. The lowest BCUT2D eigenvalue weighted by Crippen LogP contribution is -2.49. The number of aromatic nitrogens is 2. The Morgan fingerprint density at radius 3 is 2.55 bits per heavy atom. The maximum atomic E-state index is 13.0. The number of ether oxygens (including phenoxy) is 2. The first kappa shape index (κ1) is 20.2. The number of benzene rings is 1. The number of aryl methyl sites for hydroxylation is 1. The third-order valence-electron chi connectivity index (χ3n) is 6.34. The van der Waals surface area contributed by atoms with Crippen LogP contribution in [-0.2, 0) is 9.84 Å². The summed E-state index contributed by atoms with van der Waals surface area (Å²) in [5.41, 5.74) is 3.55. The molecule has 4 heterocycles. The van der Waals surface area contributed by atoms with Crippen LogP contribution in [0, 0.1) is 13.8 Å². The molecule has 1 amide bonds. The maximum Gasteiger partial charge on any atom is 0.254 e. The van der Waals surface area contributed by atoms with E-state index in [1.54, 1.807) is 18.2 Å². The molecule has 3 aliphatic heterocycles. The highest BCUT2D eigenvalue weighted by atomic mass is 32.2. The van der Waals surface area contributed by atoms with E-state index >= 15 is 0 Å². The number of amides is 1. The van der Waals surface area contributed by atoms with Crippen LogP contribution in [0.5, 0.6) is 11.5 Å². The van der Waals surface area contributed by atoms with E-state index in [2.05, 4.69) is 10.00 Å². The van der Waals surface area contributed by atoms with Gasteiger partial charge in [-0.15, -0.1) is 0 Å². The van der Waals surface area contributed by atoms with E-state index in [1.807, 2.05) is 23.4 Å². The fraction of sp³-hybridized carbons (Fsp3) is 0.524. The summed E-state index contributed by atoms with van der Waals surface area (Å²) >= 11 is 0. The van der Waals surface area contributed by atoms with Crippen LogP contribution < -0.4 is 14.4 Å². The SMILES string of the molecule is Cc1nn([C@@H]2CCS(=O)(=O)C2)c(C)c1N1CCN(C(=O)c2ccc3c(c2)OCO3)CC1. The number of nitrogens with zero attached hydrogens (tertiary/aromatic N) is 4. The van der Waals surface area contributed by atoms with E-state index in [0.29, 0.717) is 49.7 Å². The van der Waals surface area contributed by atoms with Crippen molar-refractivity contribution in [2.75, 3.05) is 49.4 Å². The van der Waals surface area contributed by atoms with E-state index in [1.165, 1.54) is 0 Å². The number of fused-ring (bicyclic) bond motifs is 1. The molecule has 0 bridgehead atoms. The lowest BCUT2D eigenvalue weighted by atomic mass is 10.1. The largest absolute Gasteiger partial charge is 0.454 e. The van der Waals surface area contributed by atoms with Gasteiger partial charge in [-0.1, -0.05) is 0 Å². The van der Waals surface area contributed by atoms with Crippen LogP contribution in [0.3, 0.4) is 0 Å². The summed E-state index contributed by atoms with van der Waals surface area (Å²) in [5.74, 6) is 1.65. The summed E-state index contributed by atoms with van der Waals surface area (Å²) in [6, 6.07) is 5.20. The lowest BCUT2D eigenvalue weighted by Gasteiger charge is -2.36. The van der Waals surface area contributed by atoms with E-state index in [9.17, 15) is 13.2 Å². The van der Waals surface area contributed by atoms with Crippen molar-refractivity contribution in [3.05, 3.63) is 35.2 Å². The van der Waals surface area contributed by atoms with Crippen molar-refractivity contribution in [2.45, 2.75) is 26.3 Å². The molecule has 31 heavy (non-hydrogen) atoms. The van der Waals surface area contributed by atoms with E-state index in [0.717, 1.165) is 17.1 Å². The Bertz CT molecular complexity index is 1130. The molecule has 0 spiro atoms. The van der Waals surface area contributed by atoms with Gasteiger partial charge in [0.2, 0.25) is 6.79 Å². The molecule has 1 aromatic carbocycles. The molecule has 9 nitrogen and oxygen atoms in total. The molecule has 0 aliphatic carbocycles. The molecule has 0 unspecified atom stereocenters. The van der Waals surface area contributed by atoms with E-state index in [-0.39, 0.29) is 30.2 Å². The Labute approximate surface area is 181 Å². The minimum Gasteiger partial charge on any atom is -0.454 e. The lowest BCUT2D eigenvalue weighted by molar-refractivity contribution is 0.0746. The van der Waals surface area contributed by atoms with Crippen LogP contribution >= 0.6 is 0 Å². The summed E-state index contributed by atoms with van der Waals surface area (Å²) in [7, 11) is -2.97. The first-order valence-corrected chi connectivity index (χ1v) is 12.3. The third kappa shape index (κ3) is 3.62. The molecule has 2 saturated heterocycles. The van der Waals surface area contributed by atoms with Gasteiger partial charge in [0, 0.05) is 31.7 Å². The van der Waals surface area contributed by atoms with Crippen molar-refractivity contribution < 1.29 is 22.7 Å². The van der Waals surface area contributed by atoms with Crippen molar-refractivity contribution in [3.63, 3.8) is 0 Å². The Morgan fingerprint density at radius 1 is 1.10 bits per heavy atom. The average molecular weight is 447 g/mol. The molecule has 1 aromatic heterocycles. The van der Waals surface area contributed by atoms with Crippen LogP contribution in [0.1, 0.15) is 34.2 Å². The fourth-order valence-electron chi connectivity index (χ4n) is 4.78. The van der Waals surface area contributed by atoms with Crippen molar-refractivity contribution in [2.24, 2.45) is 0 Å². The van der Waals surface area contributed by atoms with Gasteiger partial charge in [-0.05, 0) is 38.5 Å². The molecular formula is C21H26N4O5S. The van der Waals surface area contributed by atoms with Crippen LogP contribution in [0.2, 0.25) is 0 Å². The van der Waals surface area contributed by atoms with Crippen LogP contribution in [0.4, 0.5) is 5.69 Å². The molecule has 166 valence electrons. The highest BCUT2D eigenvalue weighted by Gasteiger charge is 2.33. The first-order chi connectivity index (χ1) is 14.8. The average Bonchev–Trinajstić information content (AvgIpc) is 3.44. The van der Waals surface area contributed by atoms with Gasteiger partial charge in [-0.2, -0.15) is 5.10 Å². The van der Waals surface area contributed by atoms with E-state index in [4.69, 9.17) is 9.47 Å². The van der Waals surface area contributed by atoms with Crippen molar-refractivity contribution in [1.29, 1.82) is 0 Å². The first-order valence-electron chi connectivity index (χ1n) is 10.5. The topological polar surface area (TPSA) is 94.0 Å². The molecule has 0 saturated carbocycles.